The number of nitrogens with zero attached hydrogens (tertiary/aromatic N) is 4. The number of rotatable bonds is 2. The van der Waals surface area contributed by atoms with Crippen molar-refractivity contribution in [1.82, 2.24) is 19.7 Å². The van der Waals surface area contributed by atoms with E-state index in [1.807, 2.05) is 39.1 Å². The van der Waals surface area contributed by atoms with E-state index in [-0.39, 0.29) is 0 Å². The summed E-state index contributed by atoms with van der Waals surface area (Å²) in [5.41, 5.74) is 6.11. The second-order valence-electron chi connectivity index (χ2n) is 6.04. The summed E-state index contributed by atoms with van der Waals surface area (Å²) in [4.78, 5) is 9.23. The summed E-state index contributed by atoms with van der Waals surface area (Å²) in [7, 11) is 0. The lowest BCUT2D eigenvalue weighted by atomic mass is 10.0. The van der Waals surface area contributed by atoms with Crippen molar-refractivity contribution in [2.75, 3.05) is 0 Å². The van der Waals surface area contributed by atoms with Crippen molar-refractivity contribution in [3.63, 3.8) is 0 Å². The highest BCUT2D eigenvalue weighted by Crippen LogP contribution is 2.31. The first-order chi connectivity index (χ1) is 11.6. The summed E-state index contributed by atoms with van der Waals surface area (Å²) in [5, 5.41) is 4.06. The topological polar surface area (TPSA) is 56.7 Å². The standard InChI is InChI=1S/C19H18N4O/c1-11-6-5-9-20-19(11)23-14(4)21-16-8-7-15(10-17(16)23)18-12(2)22-24-13(18)3/h5-10H,1-4H3. The number of aromatic nitrogens is 4. The molecule has 5 heteroatoms. The van der Waals surface area contributed by atoms with Gasteiger partial charge in [-0.25, -0.2) is 9.97 Å². The lowest BCUT2D eigenvalue weighted by Crippen LogP contribution is -2.02. The Bertz CT molecular complexity index is 1040. The van der Waals surface area contributed by atoms with Crippen LogP contribution in [-0.4, -0.2) is 19.7 Å². The van der Waals surface area contributed by atoms with Gasteiger partial charge in [-0.05, 0) is 57.0 Å². The van der Waals surface area contributed by atoms with Gasteiger partial charge in [0.15, 0.2) is 0 Å². The van der Waals surface area contributed by atoms with E-state index in [1.165, 1.54) is 0 Å². The van der Waals surface area contributed by atoms with E-state index in [9.17, 15) is 0 Å². The van der Waals surface area contributed by atoms with Crippen LogP contribution in [0.1, 0.15) is 22.8 Å². The molecule has 0 unspecified atom stereocenters. The molecule has 0 fully saturated rings. The highest BCUT2D eigenvalue weighted by Gasteiger charge is 2.16. The van der Waals surface area contributed by atoms with E-state index < -0.39 is 0 Å². The Morgan fingerprint density at radius 2 is 1.88 bits per heavy atom. The van der Waals surface area contributed by atoms with Crippen LogP contribution < -0.4 is 0 Å². The molecule has 0 radical (unpaired) electrons. The van der Waals surface area contributed by atoms with E-state index in [2.05, 4.69) is 44.8 Å². The van der Waals surface area contributed by atoms with Crippen molar-refractivity contribution in [3.05, 3.63) is 59.4 Å². The number of imidazole rings is 1. The molecule has 3 aromatic heterocycles. The average Bonchev–Trinajstić information content (AvgIpc) is 3.06. The normalized spacial score (nSPS) is 11.3. The van der Waals surface area contributed by atoms with E-state index in [0.29, 0.717) is 0 Å². The number of hydrogen-bond acceptors (Lipinski definition) is 4. The van der Waals surface area contributed by atoms with Gasteiger partial charge < -0.3 is 4.52 Å². The van der Waals surface area contributed by atoms with E-state index in [1.54, 1.807) is 0 Å². The molecule has 3 heterocycles. The molecule has 0 aliphatic heterocycles. The van der Waals surface area contributed by atoms with Gasteiger partial charge in [0.2, 0.25) is 0 Å². The Morgan fingerprint density at radius 3 is 2.58 bits per heavy atom. The molecule has 1 aromatic carbocycles. The first-order valence-corrected chi connectivity index (χ1v) is 7.90. The number of benzene rings is 1. The maximum absolute atomic E-state index is 5.32. The van der Waals surface area contributed by atoms with Gasteiger partial charge in [-0.1, -0.05) is 17.3 Å². The summed E-state index contributed by atoms with van der Waals surface area (Å²) in [5.74, 6) is 2.65. The second-order valence-corrected chi connectivity index (χ2v) is 6.04. The Labute approximate surface area is 140 Å². The molecule has 0 bridgehead atoms. The predicted octanol–water partition coefficient (Wildman–Crippen LogP) is 4.31. The third kappa shape index (κ3) is 2.12. The Balaban J connectivity index is 2.01. The van der Waals surface area contributed by atoms with E-state index >= 15 is 0 Å². The van der Waals surface area contributed by atoms with Crippen molar-refractivity contribution < 1.29 is 4.52 Å². The minimum absolute atomic E-state index is 0.823. The third-order valence-electron chi connectivity index (χ3n) is 4.34. The zero-order valence-electron chi connectivity index (χ0n) is 14.2. The zero-order chi connectivity index (χ0) is 16.8. The number of fused-ring (bicyclic) bond motifs is 1. The first kappa shape index (κ1) is 14.6. The summed E-state index contributed by atoms with van der Waals surface area (Å²) in [6.45, 7) is 7.96. The fraction of sp³-hybridized carbons (Fsp3) is 0.211. The van der Waals surface area contributed by atoms with Gasteiger partial charge >= 0.3 is 0 Å². The van der Waals surface area contributed by atoms with Crippen LogP contribution in [0.3, 0.4) is 0 Å². The molecule has 0 amide bonds. The van der Waals surface area contributed by atoms with Gasteiger partial charge in [0.1, 0.15) is 17.4 Å². The molecule has 0 spiro atoms. The summed E-state index contributed by atoms with van der Waals surface area (Å²) < 4.78 is 7.42. The van der Waals surface area contributed by atoms with E-state index in [4.69, 9.17) is 4.52 Å². The molecule has 5 nitrogen and oxygen atoms in total. The quantitative estimate of drug-likeness (QED) is 0.552. The van der Waals surface area contributed by atoms with Gasteiger partial charge in [-0.2, -0.15) is 0 Å². The van der Waals surface area contributed by atoms with Crippen LogP contribution in [0.25, 0.3) is 28.0 Å². The second kappa shape index (κ2) is 5.30. The summed E-state index contributed by atoms with van der Waals surface area (Å²) >= 11 is 0. The molecule has 4 rings (SSSR count). The summed E-state index contributed by atoms with van der Waals surface area (Å²) in [6.07, 6.45) is 1.81. The molecule has 0 saturated heterocycles. The van der Waals surface area contributed by atoms with Crippen LogP contribution >= 0.6 is 0 Å². The fourth-order valence-electron chi connectivity index (χ4n) is 3.23. The Kier molecular flexibility index (Phi) is 3.23. The van der Waals surface area contributed by atoms with Crippen molar-refractivity contribution in [2.45, 2.75) is 27.7 Å². The molecule has 0 saturated carbocycles. The Hall–Kier alpha value is -2.95. The first-order valence-electron chi connectivity index (χ1n) is 7.90. The molecular formula is C19H18N4O. The molecule has 0 aliphatic carbocycles. The number of pyridine rings is 1. The van der Waals surface area contributed by atoms with Gasteiger partial charge in [-0.15, -0.1) is 0 Å². The predicted molar refractivity (Wildman–Crippen MR) is 93.3 cm³/mol. The summed E-state index contributed by atoms with van der Waals surface area (Å²) in [6, 6.07) is 10.2. The highest BCUT2D eigenvalue weighted by atomic mass is 16.5. The maximum atomic E-state index is 5.32. The number of hydrogen-bond donors (Lipinski definition) is 0. The lowest BCUT2D eigenvalue weighted by Gasteiger charge is -2.09. The maximum Gasteiger partial charge on any atom is 0.141 e. The van der Waals surface area contributed by atoms with Crippen molar-refractivity contribution in [3.8, 4) is 16.9 Å². The van der Waals surface area contributed by atoms with Crippen molar-refractivity contribution >= 4 is 11.0 Å². The Morgan fingerprint density at radius 1 is 1.04 bits per heavy atom. The molecule has 24 heavy (non-hydrogen) atoms. The van der Waals surface area contributed by atoms with Crippen LogP contribution in [0.15, 0.2) is 41.1 Å². The molecule has 0 aliphatic rings. The van der Waals surface area contributed by atoms with Gasteiger partial charge in [-0.3, -0.25) is 4.57 Å². The molecular weight excluding hydrogens is 300 g/mol. The smallest absolute Gasteiger partial charge is 0.141 e. The zero-order valence-corrected chi connectivity index (χ0v) is 14.2. The van der Waals surface area contributed by atoms with Gasteiger partial charge in [0.25, 0.3) is 0 Å². The minimum atomic E-state index is 0.823. The van der Waals surface area contributed by atoms with Crippen LogP contribution in [0.2, 0.25) is 0 Å². The lowest BCUT2D eigenvalue weighted by molar-refractivity contribution is 0.393. The molecule has 0 N–H and O–H groups in total. The molecule has 120 valence electrons. The fourth-order valence-corrected chi connectivity index (χ4v) is 3.23. The minimum Gasteiger partial charge on any atom is -0.361 e. The van der Waals surface area contributed by atoms with Crippen LogP contribution in [0.5, 0.6) is 0 Å². The molecule has 4 aromatic rings. The van der Waals surface area contributed by atoms with Crippen molar-refractivity contribution in [1.29, 1.82) is 0 Å². The SMILES string of the molecule is Cc1cccnc1-n1c(C)nc2ccc(-c3c(C)noc3C)cc21. The molecule has 0 atom stereocenters. The third-order valence-corrected chi connectivity index (χ3v) is 4.34. The van der Waals surface area contributed by atoms with Gasteiger partial charge in [0.05, 0.1) is 16.7 Å². The van der Waals surface area contributed by atoms with Crippen LogP contribution in [-0.2, 0) is 0 Å². The van der Waals surface area contributed by atoms with E-state index in [0.717, 1.165) is 50.8 Å². The monoisotopic (exact) mass is 318 g/mol. The van der Waals surface area contributed by atoms with Crippen LogP contribution in [0.4, 0.5) is 0 Å². The van der Waals surface area contributed by atoms with Crippen molar-refractivity contribution in [2.24, 2.45) is 0 Å². The van der Waals surface area contributed by atoms with Gasteiger partial charge in [0, 0.05) is 11.8 Å². The average molecular weight is 318 g/mol. The largest absolute Gasteiger partial charge is 0.361 e. The number of aryl methyl sites for hydroxylation is 4. The highest BCUT2D eigenvalue weighted by molar-refractivity contribution is 5.85. The van der Waals surface area contributed by atoms with Crippen LogP contribution in [0, 0.1) is 27.7 Å².